The lowest BCUT2D eigenvalue weighted by atomic mass is 9.85. The molecule has 1 aliphatic carbocycles. The van der Waals surface area contributed by atoms with E-state index in [1.54, 1.807) is 12.1 Å². The lowest BCUT2D eigenvalue weighted by Gasteiger charge is -2.28. The minimum atomic E-state index is -2.31. The van der Waals surface area contributed by atoms with E-state index in [0.717, 1.165) is 46.5 Å². The van der Waals surface area contributed by atoms with Crippen LogP contribution in [-0.4, -0.2) is 25.1 Å². The number of hydrogen-bond acceptors (Lipinski definition) is 7. The Balaban J connectivity index is 1.68. The molecule has 1 N–H and O–H groups in total. The molecule has 2 aromatic carbocycles. The number of nitrogens with one attached hydrogen (secondary N) is 1. The van der Waals surface area contributed by atoms with Crippen LogP contribution in [0, 0.1) is 11.3 Å². The van der Waals surface area contributed by atoms with Gasteiger partial charge in [-0.05, 0) is 62.4 Å². The predicted octanol–water partition coefficient (Wildman–Crippen LogP) is 4.29. The summed E-state index contributed by atoms with van der Waals surface area (Å²) in [7, 11) is 0. The summed E-state index contributed by atoms with van der Waals surface area (Å²) in [6.07, 6.45) is 2.51. The van der Waals surface area contributed by atoms with E-state index in [1.165, 1.54) is 11.3 Å². The second-order valence-electron chi connectivity index (χ2n) is 7.57. The summed E-state index contributed by atoms with van der Waals surface area (Å²) < 4.78 is 30.6. The standard InChI is InChI=1S/C22H22N4O3S2/c1-13(2)29-20-10-9-14(11-15(20)12-23)21-24-25-22(30-21)18-7-3-6-17-16(18)5-4-8-19(17)26-31(27)28/h3,6-7,9-11,13,19,26H,4-5,8H2,1-2H3,(H,27,28)/p-1. The van der Waals surface area contributed by atoms with Crippen molar-refractivity contribution in [1.29, 1.82) is 5.26 Å². The van der Waals surface area contributed by atoms with E-state index < -0.39 is 11.3 Å². The molecule has 9 heteroatoms. The van der Waals surface area contributed by atoms with Crippen molar-refractivity contribution in [3.8, 4) is 33.0 Å². The van der Waals surface area contributed by atoms with Gasteiger partial charge in [-0.25, -0.2) is 4.72 Å². The summed E-state index contributed by atoms with van der Waals surface area (Å²) in [5, 5.41) is 19.7. The van der Waals surface area contributed by atoms with E-state index in [-0.39, 0.29) is 12.1 Å². The van der Waals surface area contributed by atoms with Gasteiger partial charge in [-0.15, -0.1) is 10.2 Å². The maximum atomic E-state index is 11.2. The molecule has 0 bridgehead atoms. The van der Waals surface area contributed by atoms with Crippen LogP contribution >= 0.6 is 11.3 Å². The molecular weight excluding hydrogens is 432 g/mol. The van der Waals surface area contributed by atoms with Crippen LogP contribution in [0.1, 0.15) is 49.4 Å². The topological polar surface area (TPSA) is 111 Å². The third-order valence-corrected chi connectivity index (χ3v) is 6.59. The van der Waals surface area contributed by atoms with Crippen LogP contribution in [0.3, 0.4) is 0 Å². The predicted molar refractivity (Wildman–Crippen MR) is 119 cm³/mol. The fourth-order valence-corrected chi connectivity index (χ4v) is 5.21. The molecular formula is C22H21N4O3S2-. The number of nitrogens with zero attached hydrogens (tertiary/aromatic N) is 3. The van der Waals surface area contributed by atoms with Crippen molar-refractivity contribution in [2.45, 2.75) is 45.3 Å². The van der Waals surface area contributed by atoms with Gasteiger partial charge in [0.05, 0.1) is 11.7 Å². The van der Waals surface area contributed by atoms with E-state index in [4.69, 9.17) is 4.74 Å². The number of rotatable bonds is 6. The van der Waals surface area contributed by atoms with Crippen LogP contribution in [0.5, 0.6) is 5.75 Å². The maximum absolute atomic E-state index is 11.2. The van der Waals surface area contributed by atoms with Crippen molar-refractivity contribution in [2.75, 3.05) is 0 Å². The summed E-state index contributed by atoms with van der Waals surface area (Å²) in [6, 6.07) is 13.3. The Morgan fingerprint density at radius 2 is 2.10 bits per heavy atom. The largest absolute Gasteiger partial charge is 0.760 e. The molecule has 0 saturated carbocycles. The van der Waals surface area contributed by atoms with Crippen molar-refractivity contribution in [2.24, 2.45) is 0 Å². The number of hydrogen-bond donors (Lipinski definition) is 1. The van der Waals surface area contributed by atoms with Crippen molar-refractivity contribution in [1.82, 2.24) is 14.9 Å². The quantitative estimate of drug-likeness (QED) is 0.557. The van der Waals surface area contributed by atoms with Crippen molar-refractivity contribution in [3.05, 3.63) is 53.1 Å². The van der Waals surface area contributed by atoms with E-state index >= 15 is 0 Å². The van der Waals surface area contributed by atoms with E-state index in [0.29, 0.717) is 16.3 Å². The molecule has 0 fully saturated rings. The number of ether oxygens (including phenoxy) is 1. The number of fused-ring (bicyclic) bond motifs is 1. The summed E-state index contributed by atoms with van der Waals surface area (Å²) in [4.78, 5) is 0. The van der Waals surface area contributed by atoms with E-state index in [1.807, 2.05) is 38.1 Å². The summed E-state index contributed by atoms with van der Waals surface area (Å²) >= 11 is -0.862. The molecule has 7 nitrogen and oxygen atoms in total. The zero-order valence-corrected chi connectivity index (χ0v) is 18.8. The van der Waals surface area contributed by atoms with Gasteiger partial charge in [0.2, 0.25) is 0 Å². The Bertz CT molecular complexity index is 1170. The second kappa shape index (κ2) is 9.24. The number of benzene rings is 2. The highest BCUT2D eigenvalue weighted by atomic mass is 32.2. The Hall–Kier alpha value is -2.64. The molecule has 1 aromatic heterocycles. The molecule has 1 heterocycles. The minimum Gasteiger partial charge on any atom is -0.760 e. The average molecular weight is 454 g/mol. The third-order valence-electron chi connectivity index (χ3n) is 5.11. The molecule has 31 heavy (non-hydrogen) atoms. The lowest BCUT2D eigenvalue weighted by molar-refractivity contribution is 0.242. The van der Waals surface area contributed by atoms with Crippen LogP contribution in [-0.2, 0) is 17.7 Å². The summed E-state index contributed by atoms with van der Waals surface area (Å²) in [6.45, 7) is 3.84. The van der Waals surface area contributed by atoms with Gasteiger partial charge >= 0.3 is 0 Å². The van der Waals surface area contributed by atoms with E-state index in [2.05, 4.69) is 21.0 Å². The van der Waals surface area contributed by atoms with Gasteiger partial charge in [-0.2, -0.15) is 5.26 Å². The fraction of sp³-hybridized carbons (Fsp3) is 0.318. The van der Waals surface area contributed by atoms with Gasteiger partial charge in [0.25, 0.3) is 0 Å². The normalized spacial score (nSPS) is 16.5. The monoisotopic (exact) mass is 453 g/mol. The van der Waals surface area contributed by atoms with Crippen LogP contribution in [0.4, 0.5) is 0 Å². The van der Waals surface area contributed by atoms with Gasteiger partial charge < -0.3 is 9.29 Å². The van der Waals surface area contributed by atoms with Crippen LogP contribution in [0.2, 0.25) is 0 Å². The van der Waals surface area contributed by atoms with Gasteiger partial charge in [-0.1, -0.05) is 29.5 Å². The van der Waals surface area contributed by atoms with Gasteiger partial charge in [0.1, 0.15) is 21.8 Å². The maximum Gasteiger partial charge on any atom is 0.148 e. The summed E-state index contributed by atoms with van der Waals surface area (Å²) in [5.74, 6) is 0.553. The second-order valence-corrected chi connectivity index (χ2v) is 9.26. The molecule has 0 amide bonds. The fourth-order valence-electron chi connectivity index (χ4n) is 3.84. The lowest BCUT2D eigenvalue weighted by Crippen LogP contribution is -2.27. The first-order chi connectivity index (χ1) is 15.0. The van der Waals surface area contributed by atoms with Crippen LogP contribution in [0.15, 0.2) is 36.4 Å². The molecule has 160 valence electrons. The molecule has 1 aliphatic rings. The van der Waals surface area contributed by atoms with Crippen molar-refractivity contribution < 1.29 is 13.5 Å². The molecule has 4 rings (SSSR count). The smallest absolute Gasteiger partial charge is 0.148 e. The number of nitriles is 1. The molecule has 2 atom stereocenters. The van der Waals surface area contributed by atoms with Crippen LogP contribution in [0.25, 0.3) is 21.1 Å². The Morgan fingerprint density at radius 3 is 2.84 bits per heavy atom. The SMILES string of the molecule is CC(C)Oc1ccc(-c2nnc(-c3cccc4c3CCCC4NS(=O)[O-])s2)cc1C#N. The third kappa shape index (κ3) is 4.67. The molecule has 0 aliphatic heterocycles. The zero-order valence-electron chi connectivity index (χ0n) is 17.1. The minimum absolute atomic E-state index is 0.0207. The Morgan fingerprint density at radius 1 is 1.29 bits per heavy atom. The molecule has 3 aromatic rings. The first-order valence-electron chi connectivity index (χ1n) is 9.98. The van der Waals surface area contributed by atoms with Crippen molar-refractivity contribution >= 4 is 22.6 Å². The van der Waals surface area contributed by atoms with Crippen LogP contribution < -0.4 is 9.46 Å². The molecule has 2 unspecified atom stereocenters. The van der Waals surface area contributed by atoms with Crippen molar-refractivity contribution in [3.63, 3.8) is 0 Å². The van der Waals surface area contributed by atoms with Gasteiger partial charge in [0, 0.05) is 28.4 Å². The van der Waals surface area contributed by atoms with Gasteiger partial charge in [0.15, 0.2) is 0 Å². The highest BCUT2D eigenvalue weighted by Gasteiger charge is 2.24. The highest BCUT2D eigenvalue weighted by molar-refractivity contribution is 7.77. The Labute approximate surface area is 187 Å². The first-order valence-corrected chi connectivity index (χ1v) is 11.9. The van der Waals surface area contributed by atoms with Gasteiger partial charge in [-0.3, -0.25) is 4.21 Å². The zero-order chi connectivity index (χ0) is 22.0. The molecule has 0 saturated heterocycles. The molecule has 0 spiro atoms. The highest BCUT2D eigenvalue weighted by Crippen LogP contribution is 2.39. The molecule has 0 radical (unpaired) electrons. The first kappa shape index (κ1) is 21.6. The number of aromatic nitrogens is 2. The van der Waals surface area contributed by atoms with E-state index in [9.17, 15) is 14.0 Å². The summed E-state index contributed by atoms with van der Waals surface area (Å²) in [5.41, 5.74) is 4.34. The Kier molecular flexibility index (Phi) is 6.43. The average Bonchev–Trinajstić information content (AvgIpc) is 3.23.